The molecule has 1 aliphatic heterocycles. The average Bonchev–Trinajstić information content (AvgIpc) is 2.46. The fourth-order valence-corrected chi connectivity index (χ4v) is 6.65. The van der Waals surface area contributed by atoms with Crippen molar-refractivity contribution in [2.75, 3.05) is 5.75 Å². The molecule has 0 saturated heterocycles. The van der Waals surface area contributed by atoms with Crippen LogP contribution in [0.1, 0.15) is 13.3 Å². The summed E-state index contributed by atoms with van der Waals surface area (Å²) in [5.41, 5.74) is 2.07. The van der Waals surface area contributed by atoms with Crippen LogP contribution in [0.4, 0.5) is 0 Å². The van der Waals surface area contributed by atoms with E-state index in [2.05, 4.69) is 6.92 Å². The fraction of sp³-hybridized carbons (Fsp3) is 0.200. The quantitative estimate of drug-likeness (QED) is 0.766. The van der Waals surface area contributed by atoms with E-state index in [9.17, 15) is 4.57 Å². The highest BCUT2D eigenvalue weighted by molar-refractivity contribution is 8.58. The molecule has 1 atom stereocenters. The van der Waals surface area contributed by atoms with Crippen molar-refractivity contribution in [2.45, 2.75) is 13.3 Å². The van der Waals surface area contributed by atoms with E-state index in [4.69, 9.17) is 4.52 Å². The van der Waals surface area contributed by atoms with E-state index in [1.165, 1.54) is 11.4 Å². The van der Waals surface area contributed by atoms with Gasteiger partial charge in [0.05, 0.1) is 5.30 Å². The maximum Gasteiger partial charge on any atom is 0.333 e. The highest BCUT2D eigenvalue weighted by atomic mass is 32.7. The number of para-hydroxylation sites is 1. The van der Waals surface area contributed by atoms with Gasteiger partial charge in [-0.3, -0.25) is 4.57 Å². The zero-order valence-corrected chi connectivity index (χ0v) is 12.4. The molecule has 3 rings (SSSR count). The van der Waals surface area contributed by atoms with Gasteiger partial charge in [0, 0.05) is 16.9 Å². The van der Waals surface area contributed by atoms with Gasteiger partial charge in [0.2, 0.25) is 0 Å². The van der Waals surface area contributed by atoms with Gasteiger partial charge in [-0.1, -0.05) is 54.7 Å². The van der Waals surface area contributed by atoms with Crippen LogP contribution < -0.4 is 9.83 Å². The second-order valence-corrected chi connectivity index (χ2v) is 8.98. The van der Waals surface area contributed by atoms with Crippen molar-refractivity contribution in [2.24, 2.45) is 0 Å². The van der Waals surface area contributed by atoms with Gasteiger partial charge in [-0.2, -0.15) is 0 Å². The molecule has 0 saturated carbocycles. The summed E-state index contributed by atoms with van der Waals surface area (Å²) in [7, 11) is 0. The predicted molar refractivity (Wildman–Crippen MR) is 82.5 cm³/mol. The largest absolute Gasteiger partial charge is 0.432 e. The second kappa shape index (κ2) is 5.07. The molecular formula is C15H15O2PS. The Morgan fingerprint density at radius 2 is 1.74 bits per heavy atom. The first-order chi connectivity index (χ1) is 9.24. The first kappa shape index (κ1) is 12.8. The smallest absolute Gasteiger partial charge is 0.333 e. The van der Waals surface area contributed by atoms with Crippen molar-refractivity contribution in [1.29, 1.82) is 0 Å². The van der Waals surface area contributed by atoms with Crippen molar-refractivity contribution in [3.8, 4) is 16.9 Å². The van der Waals surface area contributed by atoms with Gasteiger partial charge in [-0.05, 0) is 18.6 Å². The number of fused-ring (bicyclic) bond motifs is 3. The summed E-state index contributed by atoms with van der Waals surface area (Å²) >= 11 is 1.44. The molecule has 2 aromatic carbocycles. The van der Waals surface area contributed by atoms with Crippen LogP contribution in [0.2, 0.25) is 0 Å². The molecule has 0 N–H and O–H groups in total. The van der Waals surface area contributed by atoms with Crippen molar-refractivity contribution < 1.29 is 9.09 Å². The highest BCUT2D eigenvalue weighted by Gasteiger charge is 2.35. The van der Waals surface area contributed by atoms with Crippen LogP contribution >= 0.6 is 18.0 Å². The van der Waals surface area contributed by atoms with Gasteiger partial charge in [0.25, 0.3) is 0 Å². The van der Waals surface area contributed by atoms with Crippen molar-refractivity contribution >= 4 is 23.3 Å². The first-order valence-corrected chi connectivity index (χ1v) is 9.59. The van der Waals surface area contributed by atoms with Crippen LogP contribution in [0.15, 0.2) is 48.5 Å². The van der Waals surface area contributed by atoms with Gasteiger partial charge in [-0.25, -0.2) is 0 Å². The number of benzene rings is 2. The maximum absolute atomic E-state index is 13.1. The molecule has 0 spiro atoms. The molecule has 1 aliphatic rings. The van der Waals surface area contributed by atoms with Crippen LogP contribution in [0.25, 0.3) is 11.1 Å². The SMILES string of the molecule is CCCSP1(=O)Oc2ccccc2-c2ccccc21. The molecule has 0 aromatic heterocycles. The Bertz CT molecular complexity index is 654. The van der Waals surface area contributed by atoms with E-state index >= 15 is 0 Å². The fourth-order valence-electron chi connectivity index (χ4n) is 2.19. The number of rotatable bonds is 3. The standard InChI is InChI=1S/C15H15O2PS/c1-2-11-19-18(16)15-10-6-4-8-13(15)12-7-3-5-9-14(12)17-18/h3-10H,2,11H2,1H3. The van der Waals surface area contributed by atoms with Crippen LogP contribution in [-0.2, 0) is 4.57 Å². The molecule has 0 amide bonds. The zero-order chi connectivity index (χ0) is 13.3. The monoisotopic (exact) mass is 290 g/mol. The normalized spacial score (nSPS) is 20.3. The minimum atomic E-state index is -2.84. The lowest BCUT2D eigenvalue weighted by Crippen LogP contribution is -2.15. The first-order valence-electron chi connectivity index (χ1n) is 6.38. The Morgan fingerprint density at radius 1 is 1.05 bits per heavy atom. The van der Waals surface area contributed by atoms with E-state index in [0.717, 1.165) is 34.4 Å². The lowest BCUT2D eigenvalue weighted by molar-refractivity contribution is 0.508. The van der Waals surface area contributed by atoms with Crippen LogP contribution in [-0.4, -0.2) is 5.75 Å². The molecule has 2 aromatic rings. The average molecular weight is 290 g/mol. The van der Waals surface area contributed by atoms with Gasteiger partial charge in [0.15, 0.2) is 0 Å². The van der Waals surface area contributed by atoms with Gasteiger partial charge in [0.1, 0.15) is 5.75 Å². The summed E-state index contributed by atoms with van der Waals surface area (Å²) in [5.74, 6) is 1.57. The molecule has 0 bridgehead atoms. The lowest BCUT2D eigenvalue weighted by atomic mass is 10.0. The van der Waals surface area contributed by atoms with Gasteiger partial charge >= 0.3 is 6.57 Å². The van der Waals surface area contributed by atoms with E-state index in [-0.39, 0.29) is 0 Å². The molecule has 0 aliphatic carbocycles. The Balaban J connectivity index is 2.17. The summed E-state index contributed by atoms with van der Waals surface area (Å²) in [4.78, 5) is 0. The van der Waals surface area contributed by atoms with Crippen molar-refractivity contribution in [3.05, 3.63) is 48.5 Å². The van der Waals surface area contributed by atoms with Gasteiger partial charge < -0.3 is 4.52 Å². The third-order valence-corrected chi connectivity index (χ3v) is 7.79. The molecule has 1 unspecified atom stereocenters. The molecule has 0 fully saturated rings. The van der Waals surface area contributed by atoms with E-state index in [0.29, 0.717) is 0 Å². The Kier molecular flexibility index (Phi) is 3.42. The van der Waals surface area contributed by atoms with Crippen LogP contribution in [0.3, 0.4) is 0 Å². The maximum atomic E-state index is 13.1. The third kappa shape index (κ3) is 2.22. The summed E-state index contributed by atoms with van der Waals surface area (Å²) in [5, 5.41) is 0.840. The summed E-state index contributed by atoms with van der Waals surface area (Å²) in [6, 6.07) is 15.7. The predicted octanol–water partition coefficient (Wildman–Crippen LogP) is 4.71. The molecule has 0 radical (unpaired) electrons. The third-order valence-electron chi connectivity index (χ3n) is 3.06. The number of hydrogen-bond acceptors (Lipinski definition) is 3. The minimum absolute atomic E-state index is 0.730. The Hall–Kier alpha value is -1.18. The summed E-state index contributed by atoms with van der Waals surface area (Å²) in [6.07, 6.45) is 0.988. The topological polar surface area (TPSA) is 26.3 Å². The van der Waals surface area contributed by atoms with Gasteiger partial charge in [-0.15, -0.1) is 0 Å². The molecular weight excluding hydrogens is 275 g/mol. The zero-order valence-electron chi connectivity index (χ0n) is 10.7. The van der Waals surface area contributed by atoms with E-state index in [1.807, 2.05) is 48.5 Å². The molecule has 2 nitrogen and oxygen atoms in total. The highest BCUT2D eigenvalue weighted by Crippen LogP contribution is 2.63. The lowest BCUT2D eigenvalue weighted by Gasteiger charge is -2.27. The number of hydrogen-bond donors (Lipinski definition) is 0. The van der Waals surface area contributed by atoms with E-state index in [1.54, 1.807) is 0 Å². The molecule has 4 heteroatoms. The van der Waals surface area contributed by atoms with Crippen LogP contribution in [0, 0.1) is 0 Å². The van der Waals surface area contributed by atoms with Crippen molar-refractivity contribution in [3.63, 3.8) is 0 Å². The van der Waals surface area contributed by atoms with Crippen LogP contribution in [0.5, 0.6) is 5.75 Å². The molecule has 19 heavy (non-hydrogen) atoms. The molecule has 98 valence electrons. The second-order valence-electron chi connectivity index (χ2n) is 4.44. The Labute approximate surface area is 117 Å². The minimum Gasteiger partial charge on any atom is -0.432 e. The molecule has 1 heterocycles. The van der Waals surface area contributed by atoms with Crippen molar-refractivity contribution in [1.82, 2.24) is 0 Å². The Morgan fingerprint density at radius 3 is 2.53 bits per heavy atom. The van der Waals surface area contributed by atoms with E-state index < -0.39 is 6.57 Å². The summed E-state index contributed by atoms with van der Waals surface area (Å²) in [6.45, 7) is -0.749. The summed E-state index contributed by atoms with van der Waals surface area (Å²) < 4.78 is 19.0.